The van der Waals surface area contributed by atoms with E-state index in [9.17, 15) is 14.4 Å². The molecule has 0 radical (unpaired) electrons. The van der Waals surface area contributed by atoms with Gasteiger partial charge >= 0.3 is 0 Å². The predicted octanol–water partition coefficient (Wildman–Crippen LogP) is 2.19. The fourth-order valence-electron chi connectivity index (χ4n) is 2.53. The summed E-state index contributed by atoms with van der Waals surface area (Å²) < 4.78 is 5.42. The second-order valence-electron chi connectivity index (χ2n) is 6.09. The summed E-state index contributed by atoms with van der Waals surface area (Å²) in [7, 11) is 0. The summed E-state index contributed by atoms with van der Waals surface area (Å²) in [6, 6.07) is 15.0. The van der Waals surface area contributed by atoms with Gasteiger partial charge in [-0.25, -0.2) is 0 Å². The number of Topliss-reactive ketones (excluding diaryl/α,β-unsaturated/α-hetero) is 2. The van der Waals surface area contributed by atoms with Crippen LogP contribution >= 0.6 is 0 Å². The van der Waals surface area contributed by atoms with Crippen LogP contribution in [0.4, 0.5) is 5.69 Å². The summed E-state index contributed by atoms with van der Waals surface area (Å²) in [6.07, 6.45) is 0.189. The summed E-state index contributed by atoms with van der Waals surface area (Å²) in [4.78, 5) is 35.8. The predicted molar refractivity (Wildman–Crippen MR) is 101 cm³/mol. The van der Waals surface area contributed by atoms with Gasteiger partial charge in [-0.05, 0) is 43.3 Å². The van der Waals surface area contributed by atoms with E-state index in [4.69, 9.17) is 4.74 Å². The molecule has 1 heterocycles. The maximum absolute atomic E-state index is 12.3. The number of ether oxygens (including phenoxy) is 1. The first-order valence-electron chi connectivity index (χ1n) is 8.48. The van der Waals surface area contributed by atoms with E-state index in [2.05, 4.69) is 15.8 Å². The number of anilines is 1. The molecule has 2 aromatic rings. The Kier molecular flexibility index (Phi) is 5.61. The van der Waals surface area contributed by atoms with Crippen LogP contribution in [0.25, 0.3) is 0 Å². The van der Waals surface area contributed by atoms with Crippen molar-refractivity contribution in [3.63, 3.8) is 0 Å². The van der Waals surface area contributed by atoms with Gasteiger partial charge in [0, 0.05) is 17.7 Å². The molecule has 3 rings (SSSR count). The van der Waals surface area contributed by atoms with Gasteiger partial charge < -0.3 is 10.1 Å². The number of amides is 1. The molecule has 0 saturated carbocycles. The topological polar surface area (TPSA) is 96.9 Å². The summed E-state index contributed by atoms with van der Waals surface area (Å²) in [5, 5.41) is 6.70. The second kappa shape index (κ2) is 8.27. The van der Waals surface area contributed by atoms with Crippen molar-refractivity contribution in [1.29, 1.82) is 0 Å². The number of para-hydroxylation sites is 1. The Hall–Kier alpha value is -3.48. The number of rotatable bonds is 7. The van der Waals surface area contributed by atoms with Crippen LogP contribution in [-0.2, 0) is 9.59 Å². The van der Waals surface area contributed by atoms with E-state index in [1.807, 2.05) is 18.2 Å². The van der Waals surface area contributed by atoms with E-state index in [-0.39, 0.29) is 36.2 Å². The van der Waals surface area contributed by atoms with Crippen LogP contribution in [0.5, 0.6) is 5.75 Å². The summed E-state index contributed by atoms with van der Waals surface area (Å²) in [5.41, 5.74) is 4.10. The monoisotopic (exact) mass is 365 g/mol. The van der Waals surface area contributed by atoms with Crippen molar-refractivity contribution in [3.8, 4) is 5.75 Å². The van der Waals surface area contributed by atoms with Crippen molar-refractivity contribution in [2.75, 3.05) is 11.9 Å². The van der Waals surface area contributed by atoms with Crippen LogP contribution in [0.2, 0.25) is 0 Å². The number of hydrogen-bond acceptors (Lipinski definition) is 6. The Labute approximate surface area is 156 Å². The third-order valence-electron chi connectivity index (χ3n) is 4.06. The molecule has 0 aromatic heterocycles. The lowest BCUT2D eigenvalue weighted by Gasteiger charge is -2.11. The van der Waals surface area contributed by atoms with Crippen LogP contribution < -0.4 is 15.5 Å². The van der Waals surface area contributed by atoms with Gasteiger partial charge in [-0.2, -0.15) is 5.10 Å². The molecule has 1 unspecified atom stereocenters. The summed E-state index contributed by atoms with van der Waals surface area (Å²) in [5.74, 6) is -0.0196. The molecule has 0 aliphatic carbocycles. The van der Waals surface area contributed by atoms with E-state index >= 15 is 0 Å². The van der Waals surface area contributed by atoms with Crippen LogP contribution in [0.15, 0.2) is 59.7 Å². The maximum atomic E-state index is 12.3. The van der Waals surface area contributed by atoms with Crippen LogP contribution in [-0.4, -0.2) is 35.8 Å². The summed E-state index contributed by atoms with van der Waals surface area (Å²) in [6.45, 7) is 1.35. The fraction of sp³-hybridized carbons (Fsp3) is 0.200. The van der Waals surface area contributed by atoms with Crippen LogP contribution in [0.1, 0.15) is 23.7 Å². The van der Waals surface area contributed by atoms with Crippen molar-refractivity contribution in [1.82, 2.24) is 5.43 Å². The molecule has 0 spiro atoms. The number of carbonyl (C=O) groups is 3. The second-order valence-corrected chi connectivity index (χ2v) is 6.09. The van der Waals surface area contributed by atoms with E-state index in [0.29, 0.717) is 17.0 Å². The largest absolute Gasteiger partial charge is 0.485 e. The van der Waals surface area contributed by atoms with E-state index < -0.39 is 6.04 Å². The first kappa shape index (κ1) is 18.3. The molecule has 2 N–H and O–H groups in total. The minimum atomic E-state index is -0.631. The molecule has 0 saturated heterocycles. The zero-order valence-corrected chi connectivity index (χ0v) is 14.8. The van der Waals surface area contributed by atoms with Gasteiger partial charge in [-0.3, -0.25) is 19.8 Å². The molecular formula is C20H19N3O4. The molecule has 0 fully saturated rings. The molecule has 138 valence electrons. The van der Waals surface area contributed by atoms with Crippen molar-refractivity contribution < 1.29 is 19.1 Å². The molecule has 0 bridgehead atoms. The number of hydrazone groups is 1. The van der Waals surface area contributed by atoms with Gasteiger partial charge in [0.1, 0.15) is 17.5 Å². The van der Waals surface area contributed by atoms with Crippen LogP contribution in [0, 0.1) is 0 Å². The van der Waals surface area contributed by atoms with Crippen molar-refractivity contribution in [3.05, 3.63) is 60.2 Å². The number of carbonyl (C=O) groups excluding carboxylic acids is 3. The Morgan fingerprint density at radius 1 is 1.11 bits per heavy atom. The average Bonchev–Trinajstić information content (AvgIpc) is 3.18. The van der Waals surface area contributed by atoms with Gasteiger partial charge in [0.25, 0.3) is 0 Å². The van der Waals surface area contributed by atoms with Crippen molar-refractivity contribution in [2.45, 2.75) is 19.4 Å². The van der Waals surface area contributed by atoms with Gasteiger partial charge in [-0.15, -0.1) is 0 Å². The highest BCUT2D eigenvalue weighted by atomic mass is 16.5. The van der Waals surface area contributed by atoms with Gasteiger partial charge in [-0.1, -0.05) is 18.2 Å². The van der Waals surface area contributed by atoms with Crippen molar-refractivity contribution in [2.24, 2.45) is 5.10 Å². The standard InChI is InChI=1S/C20H19N3O4/c1-13(24)14-7-9-15(10-8-14)21-20(26)18-11-17(22-23-18)19(25)12-27-16-5-3-2-4-6-16/h2-10,18,23H,11-12H2,1H3,(H,21,26). The molecule has 7 nitrogen and oxygen atoms in total. The Morgan fingerprint density at radius 2 is 1.81 bits per heavy atom. The Morgan fingerprint density at radius 3 is 2.48 bits per heavy atom. The third-order valence-corrected chi connectivity index (χ3v) is 4.06. The van der Waals surface area contributed by atoms with E-state index in [0.717, 1.165) is 0 Å². The highest BCUT2D eigenvalue weighted by Crippen LogP contribution is 2.13. The fourth-order valence-corrected chi connectivity index (χ4v) is 2.53. The molecule has 1 amide bonds. The van der Waals surface area contributed by atoms with E-state index in [1.54, 1.807) is 36.4 Å². The van der Waals surface area contributed by atoms with Gasteiger partial charge in [0.15, 0.2) is 12.4 Å². The highest BCUT2D eigenvalue weighted by molar-refractivity contribution is 6.41. The molecule has 1 aliphatic heterocycles. The Bertz CT molecular complexity index is 876. The molecule has 1 atom stereocenters. The lowest BCUT2D eigenvalue weighted by Crippen LogP contribution is -2.35. The molecule has 27 heavy (non-hydrogen) atoms. The molecule has 7 heteroatoms. The van der Waals surface area contributed by atoms with Crippen molar-refractivity contribution >= 4 is 28.9 Å². The summed E-state index contributed by atoms with van der Waals surface area (Å²) >= 11 is 0. The smallest absolute Gasteiger partial charge is 0.248 e. The SMILES string of the molecule is CC(=O)c1ccc(NC(=O)C2CC(C(=O)COc3ccccc3)=NN2)cc1. The Balaban J connectivity index is 1.49. The average molecular weight is 365 g/mol. The zero-order valence-electron chi connectivity index (χ0n) is 14.8. The number of hydrogen-bond donors (Lipinski definition) is 2. The number of ketones is 2. The van der Waals surface area contributed by atoms with Gasteiger partial charge in [0.2, 0.25) is 11.7 Å². The number of nitrogens with one attached hydrogen (secondary N) is 2. The molecule has 2 aromatic carbocycles. The quantitative estimate of drug-likeness (QED) is 0.733. The number of benzene rings is 2. The highest BCUT2D eigenvalue weighted by Gasteiger charge is 2.29. The lowest BCUT2D eigenvalue weighted by atomic mass is 10.1. The number of nitrogens with zero attached hydrogens (tertiary/aromatic N) is 1. The minimum absolute atomic E-state index is 0.0420. The normalized spacial score (nSPS) is 15.4. The molecular weight excluding hydrogens is 346 g/mol. The molecule has 1 aliphatic rings. The van der Waals surface area contributed by atoms with Gasteiger partial charge in [0.05, 0.1) is 0 Å². The lowest BCUT2D eigenvalue weighted by molar-refractivity contribution is -0.117. The first-order chi connectivity index (χ1) is 13.0. The van der Waals surface area contributed by atoms with Crippen LogP contribution in [0.3, 0.4) is 0 Å². The van der Waals surface area contributed by atoms with E-state index in [1.165, 1.54) is 6.92 Å². The zero-order chi connectivity index (χ0) is 19.2. The maximum Gasteiger partial charge on any atom is 0.248 e. The third kappa shape index (κ3) is 4.78. The first-order valence-corrected chi connectivity index (χ1v) is 8.48. The minimum Gasteiger partial charge on any atom is -0.485 e.